The summed E-state index contributed by atoms with van der Waals surface area (Å²) < 4.78 is 26.3. The molecule has 0 radical (unpaired) electrons. The molecular weight excluding hydrogens is 256 g/mol. The lowest BCUT2D eigenvalue weighted by molar-refractivity contribution is -0.141. The lowest BCUT2D eigenvalue weighted by atomic mass is 10.1. The Morgan fingerprint density at radius 3 is 2.56 bits per heavy atom. The van der Waals surface area contributed by atoms with Crippen molar-refractivity contribution in [2.24, 2.45) is 11.7 Å². The molecule has 3 atom stereocenters. The zero-order valence-corrected chi connectivity index (χ0v) is 11.1. The molecule has 1 saturated carbocycles. The minimum atomic E-state index is -3.52. The highest BCUT2D eigenvalue weighted by Crippen LogP contribution is 2.33. The molecule has 0 aromatic heterocycles. The van der Waals surface area contributed by atoms with Crippen LogP contribution in [0.4, 0.5) is 0 Å². The molecule has 0 aromatic rings. The fraction of sp³-hybridized carbons (Fsp3) is 0.909. The summed E-state index contributed by atoms with van der Waals surface area (Å²) in [6.45, 7) is 0.796. The monoisotopic (exact) mass is 276 g/mol. The highest BCUT2D eigenvalue weighted by Gasteiger charge is 2.44. The molecule has 1 heterocycles. The molecule has 18 heavy (non-hydrogen) atoms. The largest absolute Gasteiger partial charge is 0.481 e. The Balaban J connectivity index is 2.17. The van der Waals surface area contributed by atoms with Gasteiger partial charge in [-0.3, -0.25) is 4.79 Å². The van der Waals surface area contributed by atoms with E-state index in [-0.39, 0.29) is 6.04 Å². The van der Waals surface area contributed by atoms with Gasteiger partial charge in [0.05, 0.1) is 11.2 Å². The molecular formula is C11H20N2O4S. The third kappa shape index (κ3) is 2.53. The predicted octanol–water partition coefficient (Wildman–Crippen LogP) is -0.00740. The van der Waals surface area contributed by atoms with Gasteiger partial charge in [0.15, 0.2) is 0 Å². The quantitative estimate of drug-likeness (QED) is 0.755. The number of carboxylic acid groups (broad SMARTS) is 1. The number of carbonyl (C=O) groups is 1. The van der Waals surface area contributed by atoms with Gasteiger partial charge in [0, 0.05) is 19.1 Å². The predicted molar refractivity (Wildman–Crippen MR) is 66.5 cm³/mol. The van der Waals surface area contributed by atoms with Crippen LogP contribution in [-0.2, 0) is 14.8 Å². The third-order valence-corrected chi connectivity index (χ3v) is 6.31. The summed E-state index contributed by atoms with van der Waals surface area (Å²) in [6, 6.07) is -0.127. The topological polar surface area (TPSA) is 101 Å². The fourth-order valence-corrected chi connectivity index (χ4v) is 5.26. The zero-order chi connectivity index (χ0) is 13.3. The second kappa shape index (κ2) is 5.14. The lowest BCUT2D eigenvalue weighted by Crippen LogP contribution is -2.50. The van der Waals surface area contributed by atoms with Crippen LogP contribution >= 0.6 is 0 Å². The van der Waals surface area contributed by atoms with E-state index in [9.17, 15) is 13.2 Å². The van der Waals surface area contributed by atoms with Crippen molar-refractivity contribution in [3.05, 3.63) is 0 Å². The maximum absolute atomic E-state index is 12.5. The van der Waals surface area contributed by atoms with Crippen molar-refractivity contribution in [2.45, 2.75) is 43.4 Å². The minimum absolute atomic E-state index is 0.127. The number of hydrogen-bond donors (Lipinski definition) is 2. The molecule has 0 spiro atoms. The van der Waals surface area contributed by atoms with E-state index < -0.39 is 27.2 Å². The minimum Gasteiger partial charge on any atom is -0.481 e. The first-order valence-electron chi connectivity index (χ1n) is 6.40. The van der Waals surface area contributed by atoms with Crippen molar-refractivity contribution in [1.82, 2.24) is 4.31 Å². The van der Waals surface area contributed by atoms with Gasteiger partial charge >= 0.3 is 5.97 Å². The Morgan fingerprint density at radius 1 is 1.22 bits per heavy atom. The van der Waals surface area contributed by atoms with Gasteiger partial charge in [0.25, 0.3) is 0 Å². The zero-order valence-electron chi connectivity index (χ0n) is 10.3. The van der Waals surface area contributed by atoms with Gasteiger partial charge in [0.1, 0.15) is 0 Å². The maximum atomic E-state index is 12.5. The Labute approximate surface area is 107 Å². The molecule has 0 amide bonds. The third-order valence-electron chi connectivity index (χ3n) is 3.93. The molecule has 1 aliphatic heterocycles. The Morgan fingerprint density at radius 2 is 1.94 bits per heavy atom. The van der Waals surface area contributed by atoms with Gasteiger partial charge in [-0.25, -0.2) is 12.7 Å². The molecule has 3 N–H and O–H groups in total. The van der Waals surface area contributed by atoms with Gasteiger partial charge in [0.2, 0.25) is 10.0 Å². The van der Waals surface area contributed by atoms with E-state index >= 15 is 0 Å². The van der Waals surface area contributed by atoms with Crippen LogP contribution in [0.15, 0.2) is 0 Å². The van der Waals surface area contributed by atoms with Crippen LogP contribution in [-0.4, -0.2) is 48.2 Å². The van der Waals surface area contributed by atoms with Crippen LogP contribution in [0, 0.1) is 5.92 Å². The number of sulfonamides is 1. The highest BCUT2D eigenvalue weighted by molar-refractivity contribution is 7.89. The van der Waals surface area contributed by atoms with E-state index in [1.54, 1.807) is 0 Å². The first-order chi connectivity index (χ1) is 8.43. The summed E-state index contributed by atoms with van der Waals surface area (Å²) in [7, 11) is -3.52. The molecule has 2 fully saturated rings. The van der Waals surface area contributed by atoms with E-state index in [1.165, 1.54) is 4.31 Å². The Hall–Kier alpha value is -0.660. The molecule has 1 saturated heterocycles. The first kappa shape index (κ1) is 13.8. The van der Waals surface area contributed by atoms with Crippen molar-refractivity contribution in [1.29, 1.82) is 0 Å². The number of nitrogens with two attached hydrogens (primary N) is 1. The Bertz CT molecular complexity index is 423. The van der Waals surface area contributed by atoms with Crippen molar-refractivity contribution >= 4 is 16.0 Å². The SMILES string of the molecule is NC1CCCN(S(=O)(=O)C2CCCC2C(=O)O)C1. The molecule has 6 nitrogen and oxygen atoms in total. The highest BCUT2D eigenvalue weighted by atomic mass is 32.2. The van der Waals surface area contributed by atoms with Crippen LogP contribution in [0.2, 0.25) is 0 Å². The van der Waals surface area contributed by atoms with E-state index in [0.29, 0.717) is 32.4 Å². The van der Waals surface area contributed by atoms with Crippen LogP contribution < -0.4 is 5.73 Å². The number of rotatable bonds is 3. The molecule has 2 aliphatic rings. The van der Waals surface area contributed by atoms with Crippen molar-refractivity contribution in [3.8, 4) is 0 Å². The van der Waals surface area contributed by atoms with Gasteiger partial charge in [-0.2, -0.15) is 0 Å². The molecule has 2 rings (SSSR count). The molecule has 7 heteroatoms. The first-order valence-corrected chi connectivity index (χ1v) is 7.90. The molecule has 0 bridgehead atoms. The fourth-order valence-electron chi connectivity index (χ4n) is 2.96. The number of nitrogens with zero attached hydrogens (tertiary/aromatic N) is 1. The lowest BCUT2D eigenvalue weighted by Gasteiger charge is -2.32. The number of aliphatic carboxylic acids is 1. The summed E-state index contributed by atoms with van der Waals surface area (Å²) in [4.78, 5) is 11.1. The average Bonchev–Trinajstić information content (AvgIpc) is 2.78. The van der Waals surface area contributed by atoms with Crippen LogP contribution in [0.25, 0.3) is 0 Å². The van der Waals surface area contributed by atoms with Gasteiger partial charge < -0.3 is 10.8 Å². The van der Waals surface area contributed by atoms with Crippen LogP contribution in [0.5, 0.6) is 0 Å². The summed E-state index contributed by atoms with van der Waals surface area (Å²) >= 11 is 0. The number of carboxylic acids is 1. The normalized spacial score (nSPS) is 34.6. The van der Waals surface area contributed by atoms with Crippen molar-refractivity contribution < 1.29 is 18.3 Å². The summed E-state index contributed by atoms with van der Waals surface area (Å²) in [5.74, 6) is -1.75. The standard InChI is InChI=1S/C11H20N2O4S/c12-8-3-2-6-13(7-8)18(16,17)10-5-1-4-9(10)11(14)15/h8-10H,1-7,12H2,(H,14,15). The van der Waals surface area contributed by atoms with E-state index in [0.717, 1.165) is 12.8 Å². The van der Waals surface area contributed by atoms with Crippen LogP contribution in [0.3, 0.4) is 0 Å². The molecule has 0 aromatic carbocycles. The average molecular weight is 276 g/mol. The van der Waals surface area contributed by atoms with Gasteiger partial charge in [-0.1, -0.05) is 6.42 Å². The summed E-state index contributed by atoms with van der Waals surface area (Å²) in [5, 5.41) is 8.33. The van der Waals surface area contributed by atoms with Crippen molar-refractivity contribution in [2.75, 3.05) is 13.1 Å². The number of piperidine rings is 1. The summed E-state index contributed by atoms with van der Waals surface area (Å²) in [6.07, 6.45) is 3.16. The van der Waals surface area contributed by atoms with Crippen LogP contribution in [0.1, 0.15) is 32.1 Å². The van der Waals surface area contributed by atoms with E-state index in [4.69, 9.17) is 10.8 Å². The van der Waals surface area contributed by atoms with Gasteiger partial charge in [-0.05, 0) is 25.7 Å². The smallest absolute Gasteiger partial charge is 0.307 e. The second-order valence-electron chi connectivity index (χ2n) is 5.22. The van der Waals surface area contributed by atoms with E-state index in [2.05, 4.69) is 0 Å². The van der Waals surface area contributed by atoms with Crippen molar-refractivity contribution in [3.63, 3.8) is 0 Å². The maximum Gasteiger partial charge on any atom is 0.307 e. The Kier molecular flexibility index (Phi) is 3.93. The second-order valence-corrected chi connectivity index (χ2v) is 7.37. The van der Waals surface area contributed by atoms with E-state index in [1.807, 2.05) is 0 Å². The number of hydrogen-bond acceptors (Lipinski definition) is 4. The molecule has 104 valence electrons. The molecule has 3 unspecified atom stereocenters. The molecule has 1 aliphatic carbocycles. The summed E-state index contributed by atoms with van der Waals surface area (Å²) in [5.41, 5.74) is 5.79. The van der Waals surface area contributed by atoms with Gasteiger partial charge in [-0.15, -0.1) is 0 Å².